The molecule has 0 unspecified atom stereocenters. The van der Waals surface area contributed by atoms with Gasteiger partial charge in [-0.25, -0.2) is 0 Å². The van der Waals surface area contributed by atoms with Crippen molar-refractivity contribution >= 4 is 0 Å². The van der Waals surface area contributed by atoms with Crippen LogP contribution in [-0.4, -0.2) is 20.2 Å². The molecule has 0 saturated carbocycles. The van der Waals surface area contributed by atoms with Crippen molar-refractivity contribution in [3.8, 4) is 5.75 Å². The molecule has 2 atom stereocenters. The molecule has 1 aliphatic rings. The maximum atomic E-state index is 5.26. The zero-order valence-electron chi connectivity index (χ0n) is 9.49. The van der Waals surface area contributed by atoms with Gasteiger partial charge in [-0.15, -0.1) is 0 Å². The molecule has 2 heteroatoms. The highest BCUT2D eigenvalue weighted by Crippen LogP contribution is 2.31. The van der Waals surface area contributed by atoms with Crippen molar-refractivity contribution in [2.24, 2.45) is 5.92 Å². The lowest BCUT2D eigenvalue weighted by atomic mass is 9.87. The first-order valence-corrected chi connectivity index (χ1v) is 5.69. The molecule has 0 aliphatic carbocycles. The number of methoxy groups -OCH3 is 1. The van der Waals surface area contributed by atoms with Crippen molar-refractivity contribution in [2.45, 2.75) is 19.3 Å². The molecule has 2 nitrogen and oxygen atoms in total. The van der Waals surface area contributed by atoms with Gasteiger partial charge in [-0.05, 0) is 30.2 Å². The minimum Gasteiger partial charge on any atom is -0.497 e. The topological polar surface area (TPSA) is 21.3 Å². The zero-order valence-corrected chi connectivity index (χ0v) is 9.49. The number of hydrogen-bond acceptors (Lipinski definition) is 2. The molecule has 1 aliphatic heterocycles. The quantitative estimate of drug-likeness (QED) is 0.818. The Hall–Kier alpha value is -1.02. The summed E-state index contributed by atoms with van der Waals surface area (Å²) >= 11 is 0. The SMILES string of the molecule is CC[C@@H]1CNC[C@H]1c1cccc(OC)c1. The second-order valence-electron chi connectivity index (χ2n) is 4.21. The van der Waals surface area contributed by atoms with Crippen LogP contribution in [0.25, 0.3) is 0 Å². The number of nitrogens with one attached hydrogen (secondary N) is 1. The van der Waals surface area contributed by atoms with E-state index in [-0.39, 0.29) is 0 Å². The van der Waals surface area contributed by atoms with E-state index in [1.54, 1.807) is 7.11 Å². The molecule has 2 rings (SSSR count). The monoisotopic (exact) mass is 205 g/mol. The molecule has 0 spiro atoms. The minimum atomic E-state index is 0.657. The third-order valence-electron chi connectivity index (χ3n) is 3.39. The molecular weight excluding hydrogens is 186 g/mol. The maximum absolute atomic E-state index is 5.26. The molecule has 1 saturated heterocycles. The first-order chi connectivity index (χ1) is 7.35. The lowest BCUT2D eigenvalue weighted by molar-refractivity contribution is 0.412. The molecule has 15 heavy (non-hydrogen) atoms. The van der Waals surface area contributed by atoms with Gasteiger partial charge in [0.25, 0.3) is 0 Å². The Kier molecular flexibility index (Phi) is 3.27. The molecule has 1 fully saturated rings. The summed E-state index contributed by atoms with van der Waals surface area (Å²) in [6.07, 6.45) is 1.24. The normalized spacial score (nSPS) is 25.5. The van der Waals surface area contributed by atoms with Crippen LogP contribution < -0.4 is 10.1 Å². The molecule has 0 aromatic heterocycles. The summed E-state index contributed by atoms with van der Waals surface area (Å²) in [5.74, 6) is 2.40. The summed E-state index contributed by atoms with van der Waals surface area (Å²) in [7, 11) is 1.73. The molecule has 1 aromatic rings. The summed E-state index contributed by atoms with van der Waals surface area (Å²) in [5, 5.41) is 3.47. The van der Waals surface area contributed by atoms with Crippen LogP contribution in [0.5, 0.6) is 5.75 Å². The average molecular weight is 205 g/mol. The minimum absolute atomic E-state index is 0.657. The Bertz CT molecular complexity index is 324. The number of rotatable bonds is 3. The molecule has 1 heterocycles. The summed E-state index contributed by atoms with van der Waals surface area (Å²) in [4.78, 5) is 0. The lowest BCUT2D eigenvalue weighted by Gasteiger charge is -2.17. The predicted molar refractivity (Wildman–Crippen MR) is 62.4 cm³/mol. The zero-order chi connectivity index (χ0) is 10.7. The predicted octanol–water partition coefficient (Wildman–Crippen LogP) is 2.41. The van der Waals surface area contributed by atoms with Crippen LogP contribution in [0.1, 0.15) is 24.8 Å². The average Bonchev–Trinajstić information content (AvgIpc) is 2.77. The summed E-state index contributed by atoms with van der Waals surface area (Å²) in [6, 6.07) is 8.47. The Morgan fingerprint density at radius 2 is 2.27 bits per heavy atom. The number of benzene rings is 1. The van der Waals surface area contributed by atoms with Crippen LogP contribution in [-0.2, 0) is 0 Å². The Balaban J connectivity index is 2.20. The molecular formula is C13H19NO. The van der Waals surface area contributed by atoms with E-state index in [9.17, 15) is 0 Å². The number of ether oxygens (including phenoxy) is 1. The largest absolute Gasteiger partial charge is 0.497 e. The summed E-state index contributed by atoms with van der Waals surface area (Å²) in [6.45, 7) is 4.52. The van der Waals surface area contributed by atoms with E-state index >= 15 is 0 Å². The van der Waals surface area contributed by atoms with E-state index in [1.165, 1.54) is 12.0 Å². The molecule has 0 radical (unpaired) electrons. The highest BCUT2D eigenvalue weighted by Gasteiger charge is 2.26. The van der Waals surface area contributed by atoms with Gasteiger partial charge in [-0.3, -0.25) is 0 Å². The van der Waals surface area contributed by atoms with Gasteiger partial charge >= 0.3 is 0 Å². The Morgan fingerprint density at radius 3 is 3.00 bits per heavy atom. The van der Waals surface area contributed by atoms with Crippen molar-refractivity contribution < 1.29 is 4.74 Å². The first-order valence-electron chi connectivity index (χ1n) is 5.69. The maximum Gasteiger partial charge on any atom is 0.119 e. The van der Waals surface area contributed by atoms with Gasteiger partial charge < -0.3 is 10.1 Å². The molecule has 0 amide bonds. The second-order valence-corrected chi connectivity index (χ2v) is 4.21. The molecule has 1 aromatic carbocycles. The van der Waals surface area contributed by atoms with Gasteiger partial charge in [-0.2, -0.15) is 0 Å². The van der Waals surface area contributed by atoms with Crippen molar-refractivity contribution in [2.75, 3.05) is 20.2 Å². The highest BCUT2D eigenvalue weighted by molar-refractivity contribution is 5.32. The van der Waals surface area contributed by atoms with Gasteiger partial charge in [0, 0.05) is 12.5 Å². The van der Waals surface area contributed by atoms with E-state index in [0.29, 0.717) is 5.92 Å². The van der Waals surface area contributed by atoms with Gasteiger partial charge in [0.15, 0.2) is 0 Å². The van der Waals surface area contributed by atoms with Crippen LogP contribution in [0, 0.1) is 5.92 Å². The van der Waals surface area contributed by atoms with Gasteiger partial charge in [-0.1, -0.05) is 25.5 Å². The van der Waals surface area contributed by atoms with Crippen LogP contribution >= 0.6 is 0 Å². The van der Waals surface area contributed by atoms with Crippen LogP contribution in [0.2, 0.25) is 0 Å². The van der Waals surface area contributed by atoms with Crippen molar-refractivity contribution in [3.05, 3.63) is 29.8 Å². The lowest BCUT2D eigenvalue weighted by Crippen LogP contribution is -2.09. The highest BCUT2D eigenvalue weighted by atomic mass is 16.5. The first kappa shape index (κ1) is 10.5. The van der Waals surface area contributed by atoms with Gasteiger partial charge in [0.05, 0.1) is 7.11 Å². The van der Waals surface area contributed by atoms with E-state index in [0.717, 1.165) is 24.8 Å². The Morgan fingerprint density at radius 1 is 1.40 bits per heavy atom. The smallest absolute Gasteiger partial charge is 0.119 e. The summed E-state index contributed by atoms with van der Waals surface area (Å²) < 4.78 is 5.26. The van der Waals surface area contributed by atoms with Crippen LogP contribution in [0.3, 0.4) is 0 Å². The van der Waals surface area contributed by atoms with Crippen molar-refractivity contribution in [3.63, 3.8) is 0 Å². The van der Waals surface area contributed by atoms with Crippen LogP contribution in [0.4, 0.5) is 0 Å². The van der Waals surface area contributed by atoms with E-state index in [4.69, 9.17) is 4.74 Å². The van der Waals surface area contributed by atoms with Crippen LogP contribution in [0.15, 0.2) is 24.3 Å². The molecule has 82 valence electrons. The molecule has 0 bridgehead atoms. The fraction of sp³-hybridized carbons (Fsp3) is 0.538. The summed E-state index contributed by atoms with van der Waals surface area (Å²) in [5.41, 5.74) is 1.41. The second kappa shape index (κ2) is 4.67. The van der Waals surface area contributed by atoms with Gasteiger partial charge in [0.1, 0.15) is 5.75 Å². The fourth-order valence-corrected chi connectivity index (χ4v) is 2.42. The van der Waals surface area contributed by atoms with E-state index in [1.807, 2.05) is 6.07 Å². The number of hydrogen-bond donors (Lipinski definition) is 1. The Labute approximate surface area is 91.6 Å². The third-order valence-corrected chi connectivity index (χ3v) is 3.39. The van der Waals surface area contributed by atoms with Crippen molar-refractivity contribution in [1.29, 1.82) is 0 Å². The van der Waals surface area contributed by atoms with Gasteiger partial charge in [0.2, 0.25) is 0 Å². The third kappa shape index (κ3) is 2.15. The van der Waals surface area contributed by atoms with E-state index < -0.39 is 0 Å². The fourth-order valence-electron chi connectivity index (χ4n) is 2.42. The molecule has 1 N–H and O–H groups in total. The standard InChI is InChI=1S/C13H19NO/c1-3-10-8-14-9-13(10)11-5-4-6-12(7-11)15-2/h4-7,10,13-14H,3,8-9H2,1-2H3/t10-,13-/m1/s1. The van der Waals surface area contributed by atoms with E-state index in [2.05, 4.69) is 30.4 Å². The van der Waals surface area contributed by atoms with Crippen molar-refractivity contribution in [1.82, 2.24) is 5.32 Å².